The first kappa shape index (κ1) is 12.5. The van der Waals surface area contributed by atoms with E-state index in [0.717, 1.165) is 12.8 Å². The van der Waals surface area contributed by atoms with Crippen LogP contribution in [0.15, 0.2) is 18.3 Å². The molecule has 98 valence electrons. The van der Waals surface area contributed by atoms with Crippen LogP contribution in [0.5, 0.6) is 0 Å². The molecule has 1 fully saturated rings. The molecular formula is C12H16N2O4. The van der Waals surface area contributed by atoms with Gasteiger partial charge in [0.1, 0.15) is 5.69 Å². The number of nitrogens with zero attached hydrogens (tertiary/aromatic N) is 2. The van der Waals surface area contributed by atoms with E-state index in [1.807, 2.05) is 0 Å². The summed E-state index contributed by atoms with van der Waals surface area (Å²) in [7, 11) is 1.36. The van der Waals surface area contributed by atoms with E-state index in [2.05, 4.69) is 4.74 Å². The summed E-state index contributed by atoms with van der Waals surface area (Å²) in [4.78, 5) is 24.0. The lowest BCUT2D eigenvalue weighted by atomic mass is 10.1. The van der Waals surface area contributed by atoms with Crippen LogP contribution in [-0.4, -0.2) is 46.8 Å². The zero-order valence-corrected chi connectivity index (χ0v) is 10.2. The molecule has 1 saturated heterocycles. The van der Waals surface area contributed by atoms with Crippen LogP contribution in [0.1, 0.15) is 29.4 Å². The molecule has 18 heavy (non-hydrogen) atoms. The Morgan fingerprint density at radius 2 is 2.06 bits per heavy atom. The van der Waals surface area contributed by atoms with Crippen molar-refractivity contribution < 1.29 is 19.4 Å². The highest BCUT2D eigenvalue weighted by molar-refractivity contribution is 5.85. The Hall–Kier alpha value is -1.98. The van der Waals surface area contributed by atoms with Gasteiger partial charge in [0.2, 0.25) is 0 Å². The summed E-state index contributed by atoms with van der Waals surface area (Å²) in [6.07, 6.45) is 2.94. The molecule has 0 saturated carbocycles. The molecule has 0 aromatic carbocycles. The molecule has 0 aliphatic carbocycles. The van der Waals surface area contributed by atoms with E-state index in [0.29, 0.717) is 18.8 Å². The third-order valence-electron chi connectivity index (χ3n) is 3.29. The Bertz CT molecular complexity index is 447. The van der Waals surface area contributed by atoms with Crippen LogP contribution < -0.4 is 0 Å². The van der Waals surface area contributed by atoms with Crippen LogP contribution in [0.4, 0.5) is 4.79 Å². The largest absolute Gasteiger partial charge is 0.477 e. The van der Waals surface area contributed by atoms with Crippen molar-refractivity contribution in [3.8, 4) is 0 Å². The molecule has 0 atom stereocenters. The number of piperidine rings is 1. The van der Waals surface area contributed by atoms with Crippen molar-refractivity contribution in [2.45, 2.75) is 18.9 Å². The van der Waals surface area contributed by atoms with Gasteiger partial charge in [-0.05, 0) is 25.0 Å². The molecule has 1 amide bonds. The maximum absolute atomic E-state index is 11.3. The average molecular weight is 252 g/mol. The zero-order chi connectivity index (χ0) is 13.1. The normalized spacial score (nSPS) is 16.6. The van der Waals surface area contributed by atoms with E-state index in [9.17, 15) is 9.59 Å². The van der Waals surface area contributed by atoms with Crippen molar-refractivity contribution in [3.05, 3.63) is 24.0 Å². The van der Waals surface area contributed by atoms with Crippen LogP contribution in [0.2, 0.25) is 0 Å². The number of carboxylic acid groups (broad SMARTS) is 1. The molecule has 1 N–H and O–H groups in total. The molecular weight excluding hydrogens is 236 g/mol. The van der Waals surface area contributed by atoms with Gasteiger partial charge < -0.3 is 19.3 Å². The van der Waals surface area contributed by atoms with Crippen molar-refractivity contribution in [2.75, 3.05) is 20.2 Å². The third-order valence-corrected chi connectivity index (χ3v) is 3.29. The second-order valence-corrected chi connectivity index (χ2v) is 4.29. The van der Waals surface area contributed by atoms with Crippen molar-refractivity contribution in [1.82, 2.24) is 9.47 Å². The number of hydrogen-bond acceptors (Lipinski definition) is 3. The summed E-state index contributed by atoms with van der Waals surface area (Å²) < 4.78 is 6.44. The van der Waals surface area contributed by atoms with Gasteiger partial charge in [0.15, 0.2) is 0 Å². The monoisotopic (exact) mass is 252 g/mol. The maximum Gasteiger partial charge on any atom is 0.409 e. The van der Waals surface area contributed by atoms with Crippen molar-refractivity contribution in [3.63, 3.8) is 0 Å². The van der Waals surface area contributed by atoms with Gasteiger partial charge in [0.05, 0.1) is 7.11 Å². The van der Waals surface area contributed by atoms with E-state index in [1.165, 1.54) is 7.11 Å². The molecule has 0 spiro atoms. The summed E-state index contributed by atoms with van der Waals surface area (Å²) in [5.41, 5.74) is 0.298. The summed E-state index contributed by atoms with van der Waals surface area (Å²) in [5, 5.41) is 9.06. The quantitative estimate of drug-likeness (QED) is 0.867. The number of hydrogen-bond donors (Lipinski definition) is 1. The molecule has 6 heteroatoms. The highest BCUT2D eigenvalue weighted by Crippen LogP contribution is 2.24. The molecule has 2 rings (SSSR count). The Morgan fingerprint density at radius 3 is 2.61 bits per heavy atom. The van der Waals surface area contributed by atoms with Crippen LogP contribution >= 0.6 is 0 Å². The standard InChI is InChI=1S/C12H16N2O4/c1-18-12(17)13-7-4-9(5-8-13)14-6-2-3-10(14)11(15)16/h2-3,6,9H,4-5,7-8H2,1H3,(H,15,16). The number of aromatic nitrogens is 1. The van der Waals surface area contributed by atoms with Gasteiger partial charge in [-0.25, -0.2) is 9.59 Å². The summed E-state index contributed by atoms with van der Waals surface area (Å²) in [6.45, 7) is 1.18. The van der Waals surface area contributed by atoms with Crippen molar-refractivity contribution >= 4 is 12.1 Å². The van der Waals surface area contributed by atoms with Gasteiger partial charge in [0.25, 0.3) is 0 Å². The Labute approximate surface area is 105 Å². The molecule has 1 aliphatic heterocycles. The number of amides is 1. The predicted molar refractivity (Wildman–Crippen MR) is 63.6 cm³/mol. The Morgan fingerprint density at radius 1 is 1.39 bits per heavy atom. The Balaban J connectivity index is 2.03. The highest BCUT2D eigenvalue weighted by Gasteiger charge is 2.25. The fraction of sp³-hybridized carbons (Fsp3) is 0.500. The molecule has 0 bridgehead atoms. The van der Waals surface area contributed by atoms with Crippen LogP contribution in [0.3, 0.4) is 0 Å². The second-order valence-electron chi connectivity index (χ2n) is 4.29. The van der Waals surface area contributed by atoms with Gasteiger partial charge in [0, 0.05) is 25.3 Å². The van der Waals surface area contributed by atoms with Crippen molar-refractivity contribution in [2.24, 2.45) is 0 Å². The number of rotatable bonds is 2. The molecule has 2 heterocycles. The highest BCUT2D eigenvalue weighted by atomic mass is 16.5. The SMILES string of the molecule is COC(=O)N1CCC(n2cccc2C(=O)O)CC1. The fourth-order valence-corrected chi connectivity index (χ4v) is 2.35. The molecule has 0 radical (unpaired) electrons. The van der Waals surface area contributed by atoms with Gasteiger partial charge >= 0.3 is 12.1 Å². The number of ether oxygens (including phenoxy) is 1. The molecule has 1 aromatic rings. The third kappa shape index (κ3) is 2.32. The van der Waals surface area contributed by atoms with Gasteiger partial charge in [-0.2, -0.15) is 0 Å². The van der Waals surface area contributed by atoms with Crippen LogP contribution in [0, 0.1) is 0 Å². The van der Waals surface area contributed by atoms with Crippen LogP contribution in [-0.2, 0) is 4.74 Å². The number of likely N-dealkylation sites (tertiary alicyclic amines) is 1. The number of aromatic carboxylic acids is 1. The first-order chi connectivity index (χ1) is 8.63. The number of carbonyl (C=O) groups is 2. The van der Waals surface area contributed by atoms with Crippen LogP contribution in [0.25, 0.3) is 0 Å². The Kier molecular flexibility index (Phi) is 3.55. The average Bonchev–Trinajstić information content (AvgIpc) is 2.87. The number of carbonyl (C=O) groups excluding carboxylic acids is 1. The maximum atomic E-state index is 11.3. The molecule has 6 nitrogen and oxygen atoms in total. The smallest absolute Gasteiger partial charge is 0.409 e. The topological polar surface area (TPSA) is 71.8 Å². The van der Waals surface area contributed by atoms with Gasteiger partial charge in [-0.1, -0.05) is 0 Å². The lowest BCUT2D eigenvalue weighted by molar-refractivity contribution is 0.0675. The van der Waals surface area contributed by atoms with E-state index < -0.39 is 5.97 Å². The van der Waals surface area contributed by atoms with E-state index in [4.69, 9.17) is 5.11 Å². The summed E-state index contributed by atoms with van der Waals surface area (Å²) in [5.74, 6) is -0.921. The number of methoxy groups -OCH3 is 1. The number of carboxylic acids is 1. The van der Waals surface area contributed by atoms with Gasteiger partial charge in [-0.3, -0.25) is 0 Å². The first-order valence-corrected chi connectivity index (χ1v) is 5.86. The molecule has 1 aromatic heterocycles. The van der Waals surface area contributed by atoms with E-state index >= 15 is 0 Å². The van der Waals surface area contributed by atoms with E-state index in [1.54, 1.807) is 27.8 Å². The first-order valence-electron chi connectivity index (χ1n) is 5.86. The predicted octanol–water partition coefficient (Wildman–Crippen LogP) is 1.59. The lowest BCUT2D eigenvalue weighted by Gasteiger charge is -2.32. The summed E-state index contributed by atoms with van der Waals surface area (Å²) in [6, 6.07) is 3.46. The minimum Gasteiger partial charge on any atom is -0.477 e. The minimum absolute atomic E-state index is 0.131. The molecule has 0 unspecified atom stereocenters. The zero-order valence-electron chi connectivity index (χ0n) is 10.2. The minimum atomic E-state index is -0.921. The fourth-order valence-electron chi connectivity index (χ4n) is 2.35. The molecule has 1 aliphatic rings. The van der Waals surface area contributed by atoms with E-state index in [-0.39, 0.29) is 12.1 Å². The van der Waals surface area contributed by atoms with Gasteiger partial charge in [-0.15, -0.1) is 0 Å². The summed E-state index contributed by atoms with van der Waals surface area (Å²) >= 11 is 0. The van der Waals surface area contributed by atoms with Crippen molar-refractivity contribution in [1.29, 1.82) is 0 Å². The second kappa shape index (κ2) is 5.12. The lowest BCUT2D eigenvalue weighted by Crippen LogP contribution is -2.39.